The van der Waals surface area contributed by atoms with Crippen LogP contribution < -0.4 is 9.47 Å². The Bertz CT molecular complexity index is 557. The molecule has 1 aromatic carbocycles. The third-order valence-corrected chi connectivity index (χ3v) is 3.73. The van der Waals surface area contributed by atoms with Gasteiger partial charge in [-0.25, -0.2) is 0 Å². The average molecular weight is 301 g/mol. The van der Waals surface area contributed by atoms with E-state index in [2.05, 4.69) is 0 Å². The molecular formula is C18H23NO3. The van der Waals surface area contributed by atoms with Gasteiger partial charge >= 0.3 is 0 Å². The van der Waals surface area contributed by atoms with Crippen LogP contribution in [0.3, 0.4) is 0 Å². The number of carbonyl (C=O) groups is 1. The minimum atomic E-state index is 0.0851. The fraction of sp³-hybridized carbons (Fsp3) is 0.389. The Morgan fingerprint density at radius 2 is 1.86 bits per heavy atom. The monoisotopic (exact) mass is 301 g/mol. The van der Waals surface area contributed by atoms with Crippen LogP contribution in [0.1, 0.15) is 24.8 Å². The van der Waals surface area contributed by atoms with Crippen molar-refractivity contribution < 1.29 is 14.3 Å². The number of benzene rings is 1. The SMILES string of the molecule is COc1ccc(OC)c(C=CC=CC(=O)N2CCCCC2)c1. The van der Waals surface area contributed by atoms with E-state index < -0.39 is 0 Å². The third-order valence-electron chi connectivity index (χ3n) is 3.73. The zero-order valence-corrected chi connectivity index (χ0v) is 13.2. The summed E-state index contributed by atoms with van der Waals surface area (Å²) in [6.07, 6.45) is 10.6. The molecule has 1 amide bonds. The second kappa shape index (κ2) is 8.27. The molecule has 1 fully saturated rings. The van der Waals surface area contributed by atoms with Crippen molar-refractivity contribution in [2.24, 2.45) is 0 Å². The van der Waals surface area contributed by atoms with Crippen molar-refractivity contribution in [2.75, 3.05) is 27.3 Å². The Kier molecular flexibility index (Phi) is 6.07. The van der Waals surface area contributed by atoms with Crippen LogP contribution in [0.4, 0.5) is 0 Å². The van der Waals surface area contributed by atoms with Crippen molar-refractivity contribution in [2.45, 2.75) is 19.3 Å². The molecule has 1 aliphatic heterocycles. The fourth-order valence-corrected chi connectivity index (χ4v) is 2.49. The summed E-state index contributed by atoms with van der Waals surface area (Å²) in [5.74, 6) is 1.63. The molecule has 4 heteroatoms. The summed E-state index contributed by atoms with van der Waals surface area (Å²) in [4.78, 5) is 13.9. The average Bonchev–Trinajstić information content (AvgIpc) is 2.59. The molecule has 1 aromatic rings. The molecule has 1 heterocycles. The maximum absolute atomic E-state index is 12.0. The van der Waals surface area contributed by atoms with Gasteiger partial charge in [0.2, 0.25) is 5.91 Å². The number of nitrogens with zero attached hydrogens (tertiary/aromatic N) is 1. The molecule has 0 aromatic heterocycles. The number of ether oxygens (including phenoxy) is 2. The van der Waals surface area contributed by atoms with Gasteiger partial charge in [-0.15, -0.1) is 0 Å². The van der Waals surface area contributed by atoms with Gasteiger partial charge in [0.15, 0.2) is 0 Å². The molecule has 1 aliphatic rings. The molecule has 0 spiro atoms. The van der Waals surface area contributed by atoms with Crippen molar-refractivity contribution in [1.82, 2.24) is 4.90 Å². The normalized spacial score (nSPS) is 15.5. The van der Waals surface area contributed by atoms with Crippen LogP contribution in [0.15, 0.2) is 36.4 Å². The molecule has 0 bridgehead atoms. The summed E-state index contributed by atoms with van der Waals surface area (Å²) in [5, 5.41) is 0. The molecule has 22 heavy (non-hydrogen) atoms. The van der Waals surface area contributed by atoms with E-state index in [4.69, 9.17) is 9.47 Å². The first kappa shape index (κ1) is 16.1. The van der Waals surface area contributed by atoms with E-state index >= 15 is 0 Å². The number of carbonyl (C=O) groups excluding carboxylic acids is 1. The van der Waals surface area contributed by atoms with Crippen LogP contribution in [0.25, 0.3) is 6.08 Å². The van der Waals surface area contributed by atoms with Crippen LogP contribution in [0, 0.1) is 0 Å². The Balaban J connectivity index is 1.99. The maximum atomic E-state index is 12.0. The Hall–Kier alpha value is -2.23. The summed E-state index contributed by atoms with van der Waals surface area (Å²) in [5.41, 5.74) is 0.914. The fourth-order valence-electron chi connectivity index (χ4n) is 2.49. The van der Waals surface area contributed by atoms with E-state index in [1.54, 1.807) is 26.4 Å². The molecule has 2 rings (SSSR count). The zero-order valence-electron chi connectivity index (χ0n) is 13.2. The van der Waals surface area contributed by atoms with Gasteiger partial charge in [0.1, 0.15) is 11.5 Å². The lowest BCUT2D eigenvalue weighted by atomic mass is 10.1. The van der Waals surface area contributed by atoms with Gasteiger partial charge < -0.3 is 14.4 Å². The topological polar surface area (TPSA) is 38.8 Å². The van der Waals surface area contributed by atoms with Gasteiger partial charge in [0.25, 0.3) is 0 Å². The number of piperidine rings is 1. The second-order valence-corrected chi connectivity index (χ2v) is 5.21. The van der Waals surface area contributed by atoms with Crippen LogP contribution in [-0.2, 0) is 4.79 Å². The van der Waals surface area contributed by atoms with Gasteiger partial charge in [-0.05, 0) is 37.5 Å². The minimum absolute atomic E-state index is 0.0851. The van der Waals surface area contributed by atoms with Crippen LogP contribution in [0.5, 0.6) is 11.5 Å². The summed E-state index contributed by atoms with van der Waals surface area (Å²) >= 11 is 0. The molecule has 0 aliphatic carbocycles. The van der Waals surface area contributed by atoms with Crippen LogP contribution >= 0.6 is 0 Å². The molecule has 0 saturated carbocycles. The van der Waals surface area contributed by atoms with Crippen LogP contribution in [0.2, 0.25) is 0 Å². The lowest BCUT2D eigenvalue weighted by Crippen LogP contribution is -2.34. The van der Waals surface area contributed by atoms with E-state index in [1.807, 2.05) is 35.3 Å². The quantitative estimate of drug-likeness (QED) is 0.619. The molecular weight excluding hydrogens is 278 g/mol. The number of hydrogen-bond donors (Lipinski definition) is 0. The van der Waals surface area contributed by atoms with Gasteiger partial charge in [-0.1, -0.05) is 18.2 Å². The lowest BCUT2D eigenvalue weighted by molar-refractivity contribution is -0.126. The van der Waals surface area contributed by atoms with E-state index in [-0.39, 0.29) is 5.91 Å². The predicted molar refractivity (Wildman–Crippen MR) is 88.2 cm³/mol. The number of likely N-dealkylation sites (tertiary alicyclic amines) is 1. The van der Waals surface area contributed by atoms with Gasteiger partial charge in [0, 0.05) is 24.7 Å². The number of amides is 1. The summed E-state index contributed by atoms with van der Waals surface area (Å²) < 4.78 is 10.5. The predicted octanol–water partition coefficient (Wildman–Crippen LogP) is 3.29. The highest BCUT2D eigenvalue weighted by molar-refractivity contribution is 5.88. The van der Waals surface area contributed by atoms with E-state index in [9.17, 15) is 4.79 Å². The van der Waals surface area contributed by atoms with Gasteiger partial charge in [-0.2, -0.15) is 0 Å². The zero-order chi connectivity index (χ0) is 15.8. The highest BCUT2D eigenvalue weighted by Gasteiger charge is 2.13. The van der Waals surface area contributed by atoms with Crippen molar-refractivity contribution in [3.05, 3.63) is 42.0 Å². The standard InChI is InChI=1S/C18H23NO3/c1-21-16-10-11-17(22-2)15(14-16)8-4-5-9-18(20)19-12-6-3-7-13-19/h4-5,8-11,14H,3,6-7,12-13H2,1-2H3. The first-order valence-corrected chi connectivity index (χ1v) is 7.60. The van der Waals surface area contributed by atoms with E-state index in [1.165, 1.54) is 6.42 Å². The third kappa shape index (κ3) is 4.38. The first-order chi connectivity index (χ1) is 10.7. The Morgan fingerprint density at radius 3 is 2.55 bits per heavy atom. The number of rotatable bonds is 5. The molecule has 0 unspecified atom stereocenters. The molecule has 0 atom stereocenters. The molecule has 1 saturated heterocycles. The first-order valence-electron chi connectivity index (χ1n) is 7.60. The van der Waals surface area contributed by atoms with Crippen molar-refractivity contribution >= 4 is 12.0 Å². The smallest absolute Gasteiger partial charge is 0.246 e. The number of hydrogen-bond acceptors (Lipinski definition) is 3. The van der Waals surface area contributed by atoms with Gasteiger partial charge in [-0.3, -0.25) is 4.79 Å². The number of methoxy groups -OCH3 is 2. The molecule has 118 valence electrons. The highest BCUT2D eigenvalue weighted by Crippen LogP contribution is 2.25. The minimum Gasteiger partial charge on any atom is -0.497 e. The maximum Gasteiger partial charge on any atom is 0.246 e. The summed E-state index contributed by atoms with van der Waals surface area (Å²) in [6.45, 7) is 1.74. The van der Waals surface area contributed by atoms with E-state index in [0.717, 1.165) is 43.0 Å². The summed E-state index contributed by atoms with van der Waals surface area (Å²) in [7, 11) is 3.27. The Labute approximate surface area is 132 Å². The molecule has 0 N–H and O–H groups in total. The van der Waals surface area contributed by atoms with E-state index in [0.29, 0.717) is 0 Å². The summed E-state index contributed by atoms with van der Waals surface area (Å²) in [6, 6.07) is 5.61. The van der Waals surface area contributed by atoms with Crippen molar-refractivity contribution in [1.29, 1.82) is 0 Å². The van der Waals surface area contributed by atoms with Crippen molar-refractivity contribution in [3.8, 4) is 11.5 Å². The van der Waals surface area contributed by atoms with Crippen molar-refractivity contribution in [3.63, 3.8) is 0 Å². The van der Waals surface area contributed by atoms with Gasteiger partial charge in [0.05, 0.1) is 14.2 Å². The largest absolute Gasteiger partial charge is 0.497 e. The lowest BCUT2D eigenvalue weighted by Gasteiger charge is -2.25. The second-order valence-electron chi connectivity index (χ2n) is 5.21. The highest BCUT2D eigenvalue weighted by atomic mass is 16.5. The number of allylic oxidation sites excluding steroid dienone is 2. The van der Waals surface area contributed by atoms with Crippen LogP contribution in [-0.4, -0.2) is 38.1 Å². The Morgan fingerprint density at radius 1 is 1.09 bits per heavy atom. The molecule has 4 nitrogen and oxygen atoms in total. The molecule has 0 radical (unpaired) electrons.